The summed E-state index contributed by atoms with van der Waals surface area (Å²) in [6.45, 7) is 7.07. The number of imide groups is 2. The van der Waals surface area contributed by atoms with Gasteiger partial charge in [-0.25, -0.2) is 9.69 Å². The van der Waals surface area contributed by atoms with Crippen molar-refractivity contribution in [3.8, 4) is 0 Å². The number of fused-ring (bicyclic) bond motifs is 1. The van der Waals surface area contributed by atoms with Gasteiger partial charge in [0.15, 0.2) is 0 Å². The molecule has 4 amide bonds. The van der Waals surface area contributed by atoms with Crippen molar-refractivity contribution in [2.24, 2.45) is 0 Å². The van der Waals surface area contributed by atoms with Gasteiger partial charge in [-0.1, -0.05) is 51.1 Å². The maximum absolute atomic E-state index is 13.2. The molecule has 1 aromatic heterocycles. The Morgan fingerprint density at radius 1 is 1.00 bits per heavy atom. The summed E-state index contributed by atoms with van der Waals surface area (Å²) in [6, 6.07) is 14.4. The van der Waals surface area contributed by atoms with Crippen LogP contribution in [0.15, 0.2) is 60.3 Å². The fourth-order valence-electron chi connectivity index (χ4n) is 3.87. The first kappa shape index (κ1) is 20.6. The molecular formula is C25H25N3O3. The quantitative estimate of drug-likeness (QED) is 0.479. The second-order valence-corrected chi connectivity index (χ2v) is 8.00. The van der Waals surface area contributed by atoms with Gasteiger partial charge in [0.1, 0.15) is 5.57 Å². The first-order valence-corrected chi connectivity index (χ1v) is 10.5. The number of amides is 4. The molecule has 2 aromatic carbocycles. The molecule has 3 aromatic rings. The van der Waals surface area contributed by atoms with E-state index in [4.69, 9.17) is 0 Å². The van der Waals surface area contributed by atoms with Crippen molar-refractivity contribution in [2.45, 2.75) is 39.7 Å². The van der Waals surface area contributed by atoms with Crippen LogP contribution in [0.4, 0.5) is 10.5 Å². The molecule has 31 heavy (non-hydrogen) atoms. The van der Waals surface area contributed by atoms with E-state index in [1.807, 2.05) is 42.6 Å². The van der Waals surface area contributed by atoms with Crippen molar-refractivity contribution in [2.75, 3.05) is 4.90 Å². The first-order chi connectivity index (χ1) is 14.9. The zero-order valence-electron chi connectivity index (χ0n) is 17.9. The molecule has 1 fully saturated rings. The number of carbonyl (C=O) groups excluding carboxylic acids is 3. The van der Waals surface area contributed by atoms with Crippen molar-refractivity contribution in [1.29, 1.82) is 0 Å². The van der Waals surface area contributed by atoms with Crippen molar-refractivity contribution in [3.63, 3.8) is 0 Å². The van der Waals surface area contributed by atoms with Gasteiger partial charge < -0.3 is 4.57 Å². The molecule has 0 unspecified atom stereocenters. The number of aryl methyl sites for hydroxylation is 1. The highest BCUT2D eigenvalue weighted by Crippen LogP contribution is 2.27. The minimum Gasteiger partial charge on any atom is -0.347 e. The number of para-hydroxylation sites is 1. The Bertz CT molecular complexity index is 1200. The van der Waals surface area contributed by atoms with Crippen LogP contribution < -0.4 is 10.2 Å². The average Bonchev–Trinajstić information content (AvgIpc) is 3.09. The van der Waals surface area contributed by atoms with Crippen LogP contribution in [0.3, 0.4) is 0 Å². The zero-order valence-corrected chi connectivity index (χ0v) is 17.9. The van der Waals surface area contributed by atoms with E-state index in [0.29, 0.717) is 11.6 Å². The summed E-state index contributed by atoms with van der Waals surface area (Å²) < 4.78 is 2.11. The molecule has 0 spiro atoms. The Morgan fingerprint density at radius 2 is 1.71 bits per heavy atom. The lowest BCUT2D eigenvalue weighted by molar-refractivity contribution is -0.122. The highest BCUT2D eigenvalue weighted by molar-refractivity contribution is 6.39. The van der Waals surface area contributed by atoms with Gasteiger partial charge >= 0.3 is 6.03 Å². The fraction of sp³-hybridized carbons (Fsp3) is 0.240. The van der Waals surface area contributed by atoms with Crippen LogP contribution in [0, 0.1) is 0 Å². The van der Waals surface area contributed by atoms with E-state index in [1.54, 1.807) is 18.2 Å². The maximum atomic E-state index is 13.2. The molecular weight excluding hydrogens is 390 g/mol. The Kier molecular flexibility index (Phi) is 5.46. The molecule has 6 nitrogen and oxygen atoms in total. The summed E-state index contributed by atoms with van der Waals surface area (Å²) in [6.07, 6.45) is 4.48. The fourth-order valence-corrected chi connectivity index (χ4v) is 3.87. The van der Waals surface area contributed by atoms with Crippen LogP contribution in [-0.2, 0) is 16.1 Å². The van der Waals surface area contributed by atoms with E-state index in [9.17, 15) is 14.4 Å². The van der Waals surface area contributed by atoms with Gasteiger partial charge in [0, 0.05) is 29.2 Å². The van der Waals surface area contributed by atoms with Gasteiger partial charge in [0.25, 0.3) is 11.8 Å². The number of hydrogen-bond acceptors (Lipinski definition) is 3. The summed E-state index contributed by atoms with van der Waals surface area (Å²) in [5.41, 5.74) is 3.28. The molecule has 0 aliphatic carbocycles. The minimum absolute atomic E-state index is 0.0630. The number of nitrogens with one attached hydrogen (secondary N) is 1. The third-order valence-corrected chi connectivity index (χ3v) is 5.50. The predicted octanol–water partition coefficient (Wildman–Crippen LogP) is 4.84. The van der Waals surface area contributed by atoms with Crippen molar-refractivity contribution in [3.05, 3.63) is 71.4 Å². The lowest BCUT2D eigenvalue weighted by atomic mass is 10.0. The van der Waals surface area contributed by atoms with E-state index in [0.717, 1.165) is 39.9 Å². The molecule has 1 N–H and O–H groups in total. The number of rotatable bonds is 5. The number of anilines is 1. The summed E-state index contributed by atoms with van der Waals surface area (Å²) in [5.74, 6) is -0.979. The van der Waals surface area contributed by atoms with Crippen molar-refractivity contribution in [1.82, 2.24) is 9.88 Å². The number of barbiturate groups is 1. The monoisotopic (exact) mass is 415 g/mol. The van der Waals surface area contributed by atoms with E-state index in [-0.39, 0.29) is 5.57 Å². The molecule has 0 saturated carbocycles. The molecule has 6 heteroatoms. The number of nitrogens with zero attached hydrogens (tertiary/aromatic N) is 2. The van der Waals surface area contributed by atoms with Gasteiger partial charge in [-0.3, -0.25) is 14.9 Å². The molecule has 2 heterocycles. The minimum atomic E-state index is -0.738. The molecule has 4 rings (SSSR count). The van der Waals surface area contributed by atoms with Gasteiger partial charge in [-0.05, 0) is 42.2 Å². The molecule has 0 atom stereocenters. The van der Waals surface area contributed by atoms with Gasteiger partial charge in [0.2, 0.25) is 0 Å². The number of hydrogen-bond donors (Lipinski definition) is 1. The Balaban J connectivity index is 1.75. The number of urea groups is 1. The highest BCUT2D eigenvalue weighted by atomic mass is 16.2. The van der Waals surface area contributed by atoms with E-state index in [1.165, 1.54) is 0 Å². The molecule has 1 aliphatic heterocycles. The maximum Gasteiger partial charge on any atom is 0.335 e. The number of aromatic nitrogens is 1. The standard InChI is InChI=1S/C25H25N3O3/c1-4-13-27-15-18(20-7-5-6-8-22(20)27)14-21-23(29)26-25(31)28(24(21)30)19-11-9-17(10-12-19)16(2)3/h5-12,14-16H,4,13H2,1-3H3,(H,26,29,31). The highest BCUT2D eigenvalue weighted by Gasteiger charge is 2.37. The lowest BCUT2D eigenvalue weighted by Gasteiger charge is -2.26. The van der Waals surface area contributed by atoms with Crippen LogP contribution in [-0.4, -0.2) is 22.4 Å². The molecule has 0 bridgehead atoms. The predicted molar refractivity (Wildman–Crippen MR) is 122 cm³/mol. The van der Waals surface area contributed by atoms with Gasteiger partial charge in [-0.15, -0.1) is 0 Å². The van der Waals surface area contributed by atoms with Crippen molar-refractivity contribution >= 4 is 40.5 Å². The van der Waals surface area contributed by atoms with Crippen molar-refractivity contribution < 1.29 is 14.4 Å². The topological polar surface area (TPSA) is 71.4 Å². The van der Waals surface area contributed by atoms with Crippen LogP contribution in [0.1, 0.15) is 44.2 Å². The largest absolute Gasteiger partial charge is 0.347 e. The molecule has 1 saturated heterocycles. The Morgan fingerprint density at radius 3 is 2.39 bits per heavy atom. The van der Waals surface area contributed by atoms with Gasteiger partial charge in [0.05, 0.1) is 5.69 Å². The number of benzene rings is 2. The Hall–Kier alpha value is -3.67. The third kappa shape index (κ3) is 3.77. The Labute approximate surface area is 181 Å². The van der Waals surface area contributed by atoms with Gasteiger partial charge in [-0.2, -0.15) is 0 Å². The SMILES string of the molecule is CCCn1cc(C=C2C(=O)NC(=O)N(c3ccc(C(C)C)cc3)C2=O)c2ccccc21. The van der Waals surface area contributed by atoms with E-state index >= 15 is 0 Å². The third-order valence-electron chi connectivity index (χ3n) is 5.50. The van der Waals surface area contributed by atoms with E-state index in [2.05, 4.69) is 30.7 Å². The smallest absolute Gasteiger partial charge is 0.335 e. The summed E-state index contributed by atoms with van der Waals surface area (Å²) in [5, 5.41) is 3.25. The van der Waals surface area contributed by atoms with E-state index < -0.39 is 17.8 Å². The zero-order chi connectivity index (χ0) is 22.1. The van der Waals surface area contributed by atoms with Crippen LogP contribution in [0.5, 0.6) is 0 Å². The average molecular weight is 415 g/mol. The van der Waals surface area contributed by atoms with Crippen LogP contribution in [0.2, 0.25) is 0 Å². The summed E-state index contributed by atoms with van der Waals surface area (Å²) in [4.78, 5) is 39.3. The lowest BCUT2D eigenvalue weighted by Crippen LogP contribution is -2.54. The molecule has 158 valence electrons. The normalized spacial score (nSPS) is 15.9. The summed E-state index contributed by atoms with van der Waals surface area (Å²) in [7, 11) is 0. The first-order valence-electron chi connectivity index (χ1n) is 10.5. The second-order valence-electron chi connectivity index (χ2n) is 8.00. The second kappa shape index (κ2) is 8.22. The molecule has 1 aliphatic rings. The van der Waals surface area contributed by atoms with Crippen LogP contribution in [0.25, 0.3) is 17.0 Å². The number of carbonyl (C=O) groups is 3. The molecule has 0 radical (unpaired) electrons. The van der Waals surface area contributed by atoms with Crippen LogP contribution >= 0.6 is 0 Å². The summed E-state index contributed by atoms with van der Waals surface area (Å²) >= 11 is 0.